The van der Waals surface area contributed by atoms with Gasteiger partial charge in [-0.05, 0) is 49.9 Å². The van der Waals surface area contributed by atoms with Crippen LogP contribution in [0.5, 0.6) is 0 Å². The van der Waals surface area contributed by atoms with Crippen molar-refractivity contribution in [3.05, 3.63) is 60.8 Å². The van der Waals surface area contributed by atoms with Crippen LogP contribution >= 0.6 is 0 Å². The van der Waals surface area contributed by atoms with Gasteiger partial charge >= 0.3 is 0 Å². The van der Waals surface area contributed by atoms with E-state index in [1.165, 1.54) is 0 Å². The molecule has 2 aliphatic heterocycles. The molecule has 2 fully saturated rings. The summed E-state index contributed by atoms with van der Waals surface area (Å²) >= 11 is 0. The van der Waals surface area contributed by atoms with Crippen molar-refractivity contribution < 1.29 is 9.90 Å². The number of aliphatic hydroxyl groups is 1. The van der Waals surface area contributed by atoms with E-state index >= 15 is 0 Å². The van der Waals surface area contributed by atoms with Gasteiger partial charge in [0.1, 0.15) is 0 Å². The fourth-order valence-electron chi connectivity index (χ4n) is 4.90. The van der Waals surface area contributed by atoms with Crippen molar-refractivity contribution in [2.24, 2.45) is 0 Å². The van der Waals surface area contributed by atoms with Crippen LogP contribution in [0.15, 0.2) is 55.2 Å². The first kappa shape index (κ1) is 16.4. The zero-order valence-corrected chi connectivity index (χ0v) is 15.0. The van der Waals surface area contributed by atoms with Crippen molar-refractivity contribution in [1.29, 1.82) is 0 Å². The Morgan fingerprint density at radius 3 is 2.63 bits per heavy atom. The lowest BCUT2D eigenvalue weighted by Crippen LogP contribution is -2.54. The zero-order valence-electron chi connectivity index (χ0n) is 15.0. The lowest BCUT2D eigenvalue weighted by atomic mass is 9.85. The molecule has 2 bridgehead atoms. The third kappa shape index (κ3) is 2.80. The van der Waals surface area contributed by atoms with Gasteiger partial charge in [-0.3, -0.25) is 14.8 Å². The zero-order chi connectivity index (χ0) is 18.4. The van der Waals surface area contributed by atoms with E-state index in [9.17, 15) is 9.90 Å². The van der Waals surface area contributed by atoms with E-state index in [4.69, 9.17) is 0 Å². The second kappa shape index (κ2) is 6.16. The molecule has 1 N–H and O–H groups in total. The van der Waals surface area contributed by atoms with E-state index in [0.717, 1.165) is 23.7 Å². The maximum Gasteiger partial charge on any atom is 0.255 e. The molecule has 6 nitrogen and oxygen atoms in total. The molecule has 3 aromatic rings. The Morgan fingerprint density at radius 2 is 1.89 bits per heavy atom. The van der Waals surface area contributed by atoms with Gasteiger partial charge in [-0.2, -0.15) is 0 Å². The van der Waals surface area contributed by atoms with Crippen molar-refractivity contribution in [3.63, 3.8) is 0 Å². The molecule has 2 atom stereocenters. The van der Waals surface area contributed by atoms with Crippen LogP contribution in [-0.2, 0) is 6.54 Å². The van der Waals surface area contributed by atoms with E-state index < -0.39 is 5.60 Å². The number of pyridine rings is 2. The van der Waals surface area contributed by atoms with E-state index in [2.05, 4.69) is 20.6 Å². The van der Waals surface area contributed by atoms with Gasteiger partial charge in [0.15, 0.2) is 0 Å². The second-order valence-electron chi connectivity index (χ2n) is 7.85. The highest BCUT2D eigenvalue weighted by molar-refractivity contribution is 5.94. The van der Waals surface area contributed by atoms with Crippen LogP contribution in [0.2, 0.25) is 0 Å². The van der Waals surface area contributed by atoms with E-state index in [1.807, 2.05) is 29.4 Å². The first-order valence-electron chi connectivity index (χ1n) is 9.47. The number of amides is 1. The Bertz CT molecular complexity index is 970. The molecule has 6 heteroatoms. The minimum Gasteiger partial charge on any atom is -0.388 e. The second-order valence-corrected chi connectivity index (χ2v) is 7.85. The predicted molar refractivity (Wildman–Crippen MR) is 101 cm³/mol. The van der Waals surface area contributed by atoms with Crippen LogP contribution in [0.1, 0.15) is 36.0 Å². The van der Waals surface area contributed by atoms with Gasteiger partial charge in [0, 0.05) is 42.3 Å². The van der Waals surface area contributed by atoms with Gasteiger partial charge < -0.3 is 14.6 Å². The summed E-state index contributed by atoms with van der Waals surface area (Å²) in [6.45, 7) is 0.532. The van der Waals surface area contributed by atoms with Gasteiger partial charge in [-0.15, -0.1) is 0 Å². The monoisotopic (exact) mass is 362 g/mol. The Hall–Kier alpha value is -2.73. The molecule has 3 aromatic heterocycles. The summed E-state index contributed by atoms with van der Waals surface area (Å²) in [7, 11) is 0. The van der Waals surface area contributed by atoms with Crippen molar-refractivity contribution in [3.8, 4) is 0 Å². The number of piperidine rings is 1. The van der Waals surface area contributed by atoms with Gasteiger partial charge in [-0.25, -0.2) is 0 Å². The molecule has 2 aliphatic rings. The number of hydrogen-bond donors (Lipinski definition) is 1. The van der Waals surface area contributed by atoms with Crippen LogP contribution in [0.3, 0.4) is 0 Å². The van der Waals surface area contributed by atoms with Crippen LogP contribution in [0, 0.1) is 0 Å². The SMILES string of the molecule is O=C(c1cccnc1)N1C2CCC1CC(O)(Cn1ccc3ccncc31)C2. The highest BCUT2D eigenvalue weighted by atomic mass is 16.3. The Balaban J connectivity index is 1.38. The lowest BCUT2D eigenvalue weighted by Gasteiger charge is -2.44. The quantitative estimate of drug-likeness (QED) is 0.777. The van der Waals surface area contributed by atoms with Crippen molar-refractivity contribution in [2.75, 3.05) is 0 Å². The normalized spacial score (nSPS) is 27.2. The summed E-state index contributed by atoms with van der Waals surface area (Å²) in [5, 5.41) is 12.5. The van der Waals surface area contributed by atoms with E-state index in [0.29, 0.717) is 24.9 Å². The van der Waals surface area contributed by atoms with Gasteiger partial charge in [0.05, 0.1) is 29.4 Å². The molecule has 2 unspecified atom stereocenters. The molecular weight excluding hydrogens is 340 g/mol. The average molecular weight is 362 g/mol. The number of hydrogen-bond acceptors (Lipinski definition) is 4. The topological polar surface area (TPSA) is 71.2 Å². The van der Waals surface area contributed by atoms with Gasteiger partial charge in [-0.1, -0.05) is 0 Å². The predicted octanol–water partition coefficient (Wildman–Crippen LogP) is 2.63. The summed E-state index contributed by atoms with van der Waals surface area (Å²) in [4.78, 5) is 23.2. The number of carbonyl (C=O) groups excluding carboxylic acids is 1. The molecule has 27 heavy (non-hydrogen) atoms. The molecule has 0 aromatic carbocycles. The highest BCUT2D eigenvalue weighted by Crippen LogP contribution is 2.42. The molecule has 138 valence electrons. The largest absolute Gasteiger partial charge is 0.388 e. The maximum absolute atomic E-state index is 13.0. The third-order valence-corrected chi connectivity index (χ3v) is 6.03. The first-order valence-corrected chi connectivity index (χ1v) is 9.47. The summed E-state index contributed by atoms with van der Waals surface area (Å²) in [5.74, 6) is 0.0354. The molecular formula is C21H22N4O2. The molecule has 5 heterocycles. The smallest absolute Gasteiger partial charge is 0.255 e. The fraction of sp³-hybridized carbons (Fsp3) is 0.381. The standard InChI is InChI=1S/C21H22N4O2/c26-20(16-2-1-7-22-12-16)25-17-3-4-18(25)11-21(27,10-17)14-24-9-6-15-5-8-23-13-19(15)24/h1-2,5-9,12-13,17-18,27H,3-4,10-11,14H2. The number of rotatable bonds is 3. The maximum atomic E-state index is 13.0. The van der Waals surface area contributed by atoms with E-state index in [1.54, 1.807) is 24.7 Å². The number of carbonyl (C=O) groups is 1. The molecule has 0 radical (unpaired) electrons. The molecule has 2 saturated heterocycles. The molecule has 1 amide bonds. The fourth-order valence-corrected chi connectivity index (χ4v) is 4.90. The Morgan fingerprint density at radius 1 is 1.11 bits per heavy atom. The Labute approximate surface area is 157 Å². The molecule has 5 rings (SSSR count). The number of nitrogens with zero attached hydrogens (tertiary/aromatic N) is 4. The number of aromatic nitrogens is 3. The summed E-state index contributed by atoms with van der Waals surface area (Å²) in [6.07, 6.45) is 12.1. The summed E-state index contributed by atoms with van der Waals surface area (Å²) in [6, 6.07) is 7.81. The van der Waals surface area contributed by atoms with Crippen LogP contribution in [-0.4, -0.2) is 48.1 Å². The summed E-state index contributed by atoms with van der Waals surface area (Å²) < 4.78 is 2.08. The van der Waals surface area contributed by atoms with Gasteiger partial charge in [0.25, 0.3) is 5.91 Å². The van der Waals surface area contributed by atoms with E-state index in [-0.39, 0.29) is 18.0 Å². The van der Waals surface area contributed by atoms with Crippen molar-refractivity contribution >= 4 is 16.8 Å². The molecule has 0 aliphatic carbocycles. The van der Waals surface area contributed by atoms with Crippen molar-refractivity contribution in [1.82, 2.24) is 19.4 Å². The van der Waals surface area contributed by atoms with Gasteiger partial charge in [0.2, 0.25) is 0 Å². The summed E-state index contributed by atoms with van der Waals surface area (Å²) in [5.41, 5.74) is 0.855. The molecule has 0 saturated carbocycles. The van der Waals surface area contributed by atoms with Crippen molar-refractivity contribution in [2.45, 2.75) is 49.9 Å². The van der Waals surface area contributed by atoms with Crippen LogP contribution in [0.4, 0.5) is 0 Å². The lowest BCUT2D eigenvalue weighted by molar-refractivity contribution is -0.0533. The Kier molecular flexibility index (Phi) is 3.75. The van der Waals surface area contributed by atoms with Crippen LogP contribution in [0.25, 0.3) is 10.9 Å². The number of fused-ring (bicyclic) bond motifs is 3. The minimum absolute atomic E-state index is 0.0354. The first-order chi connectivity index (χ1) is 13.1. The van der Waals surface area contributed by atoms with Crippen LogP contribution < -0.4 is 0 Å². The molecule has 0 spiro atoms. The minimum atomic E-state index is -0.806. The average Bonchev–Trinajstić information content (AvgIpc) is 3.21. The highest BCUT2D eigenvalue weighted by Gasteiger charge is 2.49. The third-order valence-electron chi connectivity index (χ3n) is 6.03.